The van der Waals surface area contributed by atoms with Gasteiger partial charge in [-0.25, -0.2) is 0 Å². The van der Waals surface area contributed by atoms with Crippen molar-refractivity contribution in [2.24, 2.45) is 16.7 Å². The summed E-state index contributed by atoms with van der Waals surface area (Å²) in [4.78, 5) is 0. The monoisotopic (exact) mass is 378 g/mol. The van der Waals surface area contributed by atoms with Gasteiger partial charge in [0.1, 0.15) is 0 Å². The molecule has 1 saturated carbocycles. The molecule has 4 rings (SSSR count). The summed E-state index contributed by atoms with van der Waals surface area (Å²) in [6.07, 6.45) is 5.12. The van der Waals surface area contributed by atoms with Crippen molar-refractivity contribution in [2.75, 3.05) is 0 Å². The summed E-state index contributed by atoms with van der Waals surface area (Å²) in [5.74, 6) is 0.756. The molecule has 0 radical (unpaired) electrons. The number of benzene rings is 1. The van der Waals surface area contributed by atoms with Crippen molar-refractivity contribution in [3.8, 4) is 0 Å². The third-order valence-electron chi connectivity index (χ3n) is 9.00. The zero-order valence-electron chi connectivity index (χ0n) is 20.1. The summed E-state index contributed by atoms with van der Waals surface area (Å²) in [5.41, 5.74) is 12.2. The van der Waals surface area contributed by atoms with Gasteiger partial charge in [0.25, 0.3) is 0 Å². The Morgan fingerprint density at radius 1 is 0.964 bits per heavy atom. The van der Waals surface area contributed by atoms with E-state index in [1.54, 1.807) is 27.8 Å². The fraction of sp³-hybridized carbons (Fsp3) is 0.643. The molecule has 0 aromatic heterocycles. The molecule has 1 aromatic carbocycles. The second-order valence-electron chi connectivity index (χ2n) is 10.6. The molecule has 4 atom stereocenters. The maximum absolute atomic E-state index is 2.62. The van der Waals surface area contributed by atoms with Crippen molar-refractivity contribution in [1.29, 1.82) is 0 Å². The van der Waals surface area contributed by atoms with Crippen LogP contribution in [-0.4, -0.2) is 0 Å². The minimum Gasteiger partial charge on any atom is -0.0732 e. The summed E-state index contributed by atoms with van der Waals surface area (Å²) in [7, 11) is 0. The molecule has 1 spiro atoms. The van der Waals surface area contributed by atoms with Crippen LogP contribution in [0.15, 0.2) is 40.5 Å². The van der Waals surface area contributed by atoms with Crippen LogP contribution in [0.2, 0.25) is 0 Å². The second-order valence-corrected chi connectivity index (χ2v) is 10.6. The summed E-state index contributed by atoms with van der Waals surface area (Å²) < 4.78 is 0. The van der Waals surface area contributed by atoms with Gasteiger partial charge in [0, 0.05) is 5.41 Å². The quantitative estimate of drug-likeness (QED) is 0.460. The molecule has 0 aliphatic heterocycles. The van der Waals surface area contributed by atoms with E-state index in [2.05, 4.69) is 73.6 Å². The maximum Gasteiger partial charge on any atom is 0.00611 e. The molecular weight excluding hydrogens is 336 g/mol. The Morgan fingerprint density at radius 3 is 2.21 bits per heavy atom. The number of allylic oxidation sites excluding steroid dienone is 4. The van der Waals surface area contributed by atoms with Gasteiger partial charge in [0.05, 0.1) is 0 Å². The maximum atomic E-state index is 2.62. The highest BCUT2D eigenvalue weighted by atomic mass is 14.7. The number of hydrogen-bond acceptors (Lipinski definition) is 0. The van der Waals surface area contributed by atoms with Crippen molar-refractivity contribution >= 4 is 0 Å². The van der Waals surface area contributed by atoms with E-state index < -0.39 is 0 Å². The van der Waals surface area contributed by atoms with Crippen LogP contribution in [0.3, 0.4) is 0 Å². The van der Waals surface area contributed by atoms with Crippen molar-refractivity contribution in [2.45, 2.75) is 100 Å². The van der Waals surface area contributed by atoms with Crippen LogP contribution in [0.1, 0.15) is 98.3 Å². The summed E-state index contributed by atoms with van der Waals surface area (Å²) >= 11 is 0. The van der Waals surface area contributed by atoms with E-state index in [1.807, 2.05) is 13.8 Å². The normalized spacial score (nSPS) is 35.6. The number of fused-ring (bicyclic) bond motifs is 2. The van der Waals surface area contributed by atoms with Gasteiger partial charge >= 0.3 is 0 Å². The first-order valence-electron chi connectivity index (χ1n) is 11.5. The number of rotatable bonds is 1. The fourth-order valence-corrected chi connectivity index (χ4v) is 7.12. The molecule has 1 fully saturated rings. The standard InChI is InChI=1S/C26H36.C2H6/c1-16(2)19(5)22-14-26-15-24(7,20(6)25(26,8)12-18(22)4)13-21-10-9-17(3)11-23(21)26;1-2/h9-11,20H,12-15H2,1-8H3;1-2H3/t20?,24-,25?,26-;/m0./s1. The molecule has 154 valence electrons. The SMILES string of the molecule is CC.CC(C)=C(C)C1=C(C)CC2(C)C(C)[C@@]3(C)Cc4ccc(C)cc4[C@]2(C1)C3. The summed E-state index contributed by atoms with van der Waals surface area (Å²) in [6.45, 7) is 23.4. The molecule has 0 saturated heterocycles. The van der Waals surface area contributed by atoms with Crippen molar-refractivity contribution in [3.63, 3.8) is 0 Å². The predicted molar refractivity (Wildman–Crippen MR) is 124 cm³/mol. The van der Waals surface area contributed by atoms with Crippen LogP contribution in [-0.2, 0) is 11.8 Å². The Hall–Kier alpha value is -1.30. The van der Waals surface area contributed by atoms with Gasteiger partial charge in [-0.05, 0) is 99.3 Å². The summed E-state index contributed by atoms with van der Waals surface area (Å²) in [6, 6.07) is 7.32. The van der Waals surface area contributed by atoms with E-state index in [9.17, 15) is 0 Å². The molecule has 0 nitrogen and oxygen atoms in total. The summed E-state index contributed by atoms with van der Waals surface area (Å²) in [5, 5.41) is 0. The smallest absolute Gasteiger partial charge is 0.00611 e. The third-order valence-corrected chi connectivity index (χ3v) is 9.00. The second kappa shape index (κ2) is 6.89. The lowest BCUT2D eigenvalue weighted by atomic mass is 9.52. The predicted octanol–water partition coefficient (Wildman–Crippen LogP) is 8.33. The first-order chi connectivity index (χ1) is 13.0. The van der Waals surface area contributed by atoms with Crippen LogP contribution < -0.4 is 0 Å². The Labute approximate surface area is 174 Å². The first-order valence-corrected chi connectivity index (χ1v) is 11.5. The van der Waals surface area contributed by atoms with Gasteiger partial charge in [-0.1, -0.05) is 69.5 Å². The van der Waals surface area contributed by atoms with E-state index in [0.717, 1.165) is 5.92 Å². The molecule has 1 aromatic rings. The zero-order valence-corrected chi connectivity index (χ0v) is 20.1. The largest absolute Gasteiger partial charge is 0.0732 e. The van der Waals surface area contributed by atoms with Crippen molar-refractivity contribution < 1.29 is 0 Å². The Kier molecular flexibility index (Phi) is 5.27. The van der Waals surface area contributed by atoms with Crippen LogP contribution in [0, 0.1) is 23.7 Å². The number of aryl methyl sites for hydroxylation is 1. The average Bonchev–Trinajstić information content (AvgIpc) is 2.78. The lowest BCUT2D eigenvalue weighted by Gasteiger charge is -2.52. The highest BCUT2D eigenvalue weighted by molar-refractivity contribution is 5.52. The average molecular weight is 379 g/mol. The Morgan fingerprint density at radius 2 is 1.61 bits per heavy atom. The third kappa shape index (κ3) is 2.70. The lowest BCUT2D eigenvalue weighted by molar-refractivity contribution is 0.102. The molecule has 28 heavy (non-hydrogen) atoms. The molecule has 3 aliphatic rings. The lowest BCUT2D eigenvalue weighted by Crippen LogP contribution is -2.46. The van der Waals surface area contributed by atoms with Gasteiger partial charge < -0.3 is 0 Å². The molecule has 2 unspecified atom stereocenters. The first kappa shape index (κ1) is 21.4. The molecule has 2 bridgehead atoms. The van der Waals surface area contributed by atoms with Gasteiger partial charge in [-0.15, -0.1) is 0 Å². The van der Waals surface area contributed by atoms with E-state index >= 15 is 0 Å². The van der Waals surface area contributed by atoms with Gasteiger partial charge in [0.2, 0.25) is 0 Å². The minimum absolute atomic E-state index is 0.312. The zero-order chi connectivity index (χ0) is 21.1. The Bertz CT molecular complexity index is 847. The van der Waals surface area contributed by atoms with Gasteiger partial charge in [-0.2, -0.15) is 0 Å². The highest BCUT2D eigenvalue weighted by Crippen LogP contribution is 2.74. The molecule has 3 aliphatic carbocycles. The van der Waals surface area contributed by atoms with Crippen LogP contribution in [0.4, 0.5) is 0 Å². The van der Waals surface area contributed by atoms with E-state index in [-0.39, 0.29) is 0 Å². The molecule has 0 N–H and O–H groups in total. The minimum atomic E-state index is 0.312. The van der Waals surface area contributed by atoms with E-state index in [4.69, 9.17) is 0 Å². The van der Waals surface area contributed by atoms with Crippen LogP contribution in [0.5, 0.6) is 0 Å². The van der Waals surface area contributed by atoms with Crippen LogP contribution >= 0.6 is 0 Å². The molecule has 0 amide bonds. The van der Waals surface area contributed by atoms with Gasteiger partial charge in [-0.3, -0.25) is 0 Å². The highest BCUT2D eigenvalue weighted by Gasteiger charge is 2.67. The number of hydrogen-bond donors (Lipinski definition) is 0. The van der Waals surface area contributed by atoms with Crippen LogP contribution in [0.25, 0.3) is 0 Å². The van der Waals surface area contributed by atoms with Gasteiger partial charge in [0.15, 0.2) is 0 Å². The molecular formula is C28H42. The fourth-order valence-electron chi connectivity index (χ4n) is 7.12. The van der Waals surface area contributed by atoms with E-state index in [1.165, 1.54) is 36.8 Å². The molecule has 0 heteroatoms. The Balaban J connectivity index is 0.00000109. The topological polar surface area (TPSA) is 0 Å². The van der Waals surface area contributed by atoms with E-state index in [0.29, 0.717) is 16.2 Å². The van der Waals surface area contributed by atoms with Crippen molar-refractivity contribution in [1.82, 2.24) is 0 Å². The molecule has 0 heterocycles. The van der Waals surface area contributed by atoms with Crippen molar-refractivity contribution in [3.05, 3.63) is 57.2 Å².